The quantitative estimate of drug-likeness (QED) is 0.301. The zero-order valence-electron chi connectivity index (χ0n) is 17.6. The second-order valence-electron chi connectivity index (χ2n) is 7.29. The molecule has 0 radical (unpaired) electrons. The van der Waals surface area contributed by atoms with E-state index in [2.05, 4.69) is 15.1 Å². The number of halogens is 1. The summed E-state index contributed by atoms with van der Waals surface area (Å²) in [5, 5.41) is 2.88. The van der Waals surface area contributed by atoms with Crippen molar-refractivity contribution in [2.24, 2.45) is 0 Å². The summed E-state index contributed by atoms with van der Waals surface area (Å²) in [5.41, 5.74) is 2.99. The minimum absolute atomic E-state index is 0.0519. The molecule has 0 atom stereocenters. The first-order valence-electron chi connectivity index (χ1n) is 10.1. The molecule has 2 amide bonds. The van der Waals surface area contributed by atoms with Crippen LogP contribution in [-0.4, -0.2) is 25.2 Å². The molecule has 176 valence electrons. The fourth-order valence-electron chi connectivity index (χ4n) is 3.33. The van der Waals surface area contributed by atoms with E-state index in [1.807, 2.05) is 0 Å². The number of sulfonamides is 1. The average molecular weight is 511 g/mol. The van der Waals surface area contributed by atoms with Crippen molar-refractivity contribution in [2.75, 3.05) is 9.73 Å². The number of thiazole rings is 1. The highest BCUT2D eigenvalue weighted by molar-refractivity contribution is 7.93. The van der Waals surface area contributed by atoms with Gasteiger partial charge >= 0.3 is 0 Å². The smallest absolute Gasteiger partial charge is 0.282 e. The third kappa shape index (κ3) is 4.56. The van der Waals surface area contributed by atoms with E-state index in [-0.39, 0.29) is 27.0 Å². The predicted octanol–water partition coefficient (Wildman–Crippen LogP) is 3.80. The zero-order chi connectivity index (χ0) is 24.6. The molecule has 5 rings (SSSR count). The normalized spacial score (nSPS) is 15.0. The van der Waals surface area contributed by atoms with E-state index in [9.17, 15) is 22.4 Å². The van der Waals surface area contributed by atoms with Crippen LogP contribution in [0.2, 0.25) is 0 Å². The van der Waals surface area contributed by atoms with Crippen molar-refractivity contribution < 1.29 is 26.8 Å². The number of hydrogen-bond donors (Lipinski definition) is 2. The lowest BCUT2D eigenvalue weighted by molar-refractivity contribution is -0.117. The van der Waals surface area contributed by atoms with E-state index in [0.29, 0.717) is 11.3 Å². The fourth-order valence-corrected chi connectivity index (χ4v) is 5.12. The summed E-state index contributed by atoms with van der Waals surface area (Å²) in [4.78, 5) is 29.0. The van der Waals surface area contributed by atoms with E-state index < -0.39 is 27.7 Å². The molecule has 0 unspecified atom stereocenters. The van der Waals surface area contributed by atoms with Crippen LogP contribution in [0.3, 0.4) is 0 Å². The average Bonchev–Trinajstić information content (AvgIpc) is 3.57. The molecule has 4 aromatic rings. The molecule has 0 aliphatic carbocycles. The maximum atomic E-state index is 13.5. The van der Waals surface area contributed by atoms with Gasteiger partial charge in [0, 0.05) is 17.1 Å². The molecule has 1 aliphatic heterocycles. The first-order valence-corrected chi connectivity index (χ1v) is 12.4. The number of nitrogens with zero attached hydrogens (tertiary/aromatic N) is 2. The summed E-state index contributed by atoms with van der Waals surface area (Å²) in [6.45, 7) is 0. The minimum Gasteiger partial charge on any atom is -0.457 e. The molecule has 1 saturated heterocycles. The number of anilines is 2. The van der Waals surface area contributed by atoms with E-state index in [1.165, 1.54) is 53.9 Å². The van der Waals surface area contributed by atoms with Crippen LogP contribution in [0.5, 0.6) is 0 Å². The van der Waals surface area contributed by atoms with E-state index in [0.717, 1.165) is 11.1 Å². The molecule has 2 N–H and O–H groups in total. The summed E-state index contributed by atoms with van der Waals surface area (Å²) in [5.74, 6) is -1.21. The van der Waals surface area contributed by atoms with Gasteiger partial charge in [0.15, 0.2) is 5.13 Å². The monoisotopic (exact) mass is 510 g/mol. The van der Waals surface area contributed by atoms with Gasteiger partial charge in [-0.15, -0.1) is 11.3 Å². The Balaban J connectivity index is 1.34. The van der Waals surface area contributed by atoms with Crippen molar-refractivity contribution in [1.29, 1.82) is 0 Å². The molecule has 0 bridgehead atoms. The molecule has 1 aliphatic rings. The highest BCUT2D eigenvalue weighted by Gasteiger charge is 2.35. The number of aromatic nitrogens is 1. The van der Waals surface area contributed by atoms with Gasteiger partial charge in [0.05, 0.1) is 10.6 Å². The second-order valence-corrected chi connectivity index (χ2v) is 9.87. The molecule has 0 saturated carbocycles. The number of benzene rings is 2. The van der Waals surface area contributed by atoms with Crippen LogP contribution in [0, 0.1) is 5.82 Å². The van der Waals surface area contributed by atoms with Crippen LogP contribution in [0.15, 0.2) is 87.1 Å². The molecular formula is C23H15FN4O5S2. The number of nitrogens with one attached hydrogen (secondary N) is 2. The number of rotatable bonds is 6. The van der Waals surface area contributed by atoms with Gasteiger partial charge in [-0.05, 0) is 60.7 Å². The molecule has 35 heavy (non-hydrogen) atoms. The molecule has 1 fully saturated rings. The van der Waals surface area contributed by atoms with E-state index in [4.69, 9.17) is 4.42 Å². The van der Waals surface area contributed by atoms with Crippen molar-refractivity contribution in [1.82, 2.24) is 10.4 Å². The Labute approximate surface area is 202 Å². The van der Waals surface area contributed by atoms with Gasteiger partial charge in [0.2, 0.25) is 0 Å². The second kappa shape index (κ2) is 8.81. The number of carbonyl (C=O) groups is 2. The molecule has 12 heteroatoms. The summed E-state index contributed by atoms with van der Waals surface area (Å²) < 4.78 is 46.6. The lowest BCUT2D eigenvalue weighted by Gasteiger charge is -2.14. The number of hydrazine groups is 1. The van der Waals surface area contributed by atoms with Crippen LogP contribution < -0.4 is 15.2 Å². The third-order valence-corrected chi connectivity index (χ3v) is 7.15. The van der Waals surface area contributed by atoms with Crippen molar-refractivity contribution in [3.05, 3.63) is 89.4 Å². The standard InChI is InChI=1S/C23H15FN4O5S2/c24-15-2-1-3-16(12-15)28-22(30)19(21(29)26-28)13-17-6-9-20(33-17)14-4-7-18(8-5-14)35(31,32)27-23-25-10-11-34-23/h1-13H,(H,25,27)(H,26,29)/b19-13-. The molecule has 2 aromatic carbocycles. The molecule has 0 spiro atoms. The lowest BCUT2D eigenvalue weighted by Crippen LogP contribution is -2.35. The maximum Gasteiger partial charge on any atom is 0.282 e. The number of carbonyl (C=O) groups excluding carboxylic acids is 2. The number of furan rings is 1. The van der Waals surface area contributed by atoms with Gasteiger partial charge in [-0.25, -0.2) is 22.8 Å². The SMILES string of the molecule is O=C1NN(c2cccc(F)c2)C(=O)/C1=C\c1ccc(-c2ccc(S(=O)(=O)Nc3nccs3)cc2)o1. The van der Waals surface area contributed by atoms with Gasteiger partial charge in [-0.2, -0.15) is 0 Å². The van der Waals surface area contributed by atoms with Gasteiger partial charge in [0.1, 0.15) is 22.9 Å². The lowest BCUT2D eigenvalue weighted by atomic mass is 10.2. The van der Waals surface area contributed by atoms with Crippen molar-refractivity contribution in [3.8, 4) is 11.3 Å². The third-order valence-electron chi connectivity index (χ3n) is 4.97. The number of hydrogen-bond acceptors (Lipinski definition) is 7. The van der Waals surface area contributed by atoms with Crippen LogP contribution in [0.4, 0.5) is 15.2 Å². The Bertz CT molecular complexity index is 1560. The molecule has 9 nitrogen and oxygen atoms in total. The zero-order valence-corrected chi connectivity index (χ0v) is 19.3. The van der Waals surface area contributed by atoms with E-state index in [1.54, 1.807) is 29.6 Å². The molecular weight excluding hydrogens is 495 g/mol. The Morgan fingerprint density at radius 2 is 1.89 bits per heavy atom. The summed E-state index contributed by atoms with van der Waals surface area (Å²) in [6.07, 6.45) is 2.79. The Morgan fingerprint density at radius 3 is 2.60 bits per heavy atom. The van der Waals surface area contributed by atoms with Crippen molar-refractivity contribution in [3.63, 3.8) is 0 Å². The highest BCUT2D eigenvalue weighted by Crippen LogP contribution is 2.27. The first-order chi connectivity index (χ1) is 16.8. The Morgan fingerprint density at radius 1 is 1.09 bits per heavy atom. The van der Waals surface area contributed by atoms with Gasteiger partial charge < -0.3 is 4.42 Å². The summed E-state index contributed by atoms with van der Waals surface area (Å²) in [6, 6.07) is 14.5. The largest absolute Gasteiger partial charge is 0.457 e. The Kier molecular flexibility index (Phi) is 5.67. The highest BCUT2D eigenvalue weighted by atomic mass is 32.2. The first kappa shape index (κ1) is 22.5. The molecule has 2 aromatic heterocycles. The maximum absolute atomic E-state index is 13.5. The minimum atomic E-state index is -3.79. The Hall–Kier alpha value is -4.29. The van der Waals surface area contributed by atoms with Crippen LogP contribution in [0.25, 0.3) is 17.4 Å². The van der Waals surface area contributed by atoms with Gasteiger partial charge in [0.25, 0.3) is 21.8 Å². The topological polar surface area (TPSA) is 122 Å². The summed E-state index contributed by atoms with van der Waals surface area (Å²) >= 11 is 1.17. The number of amides is 2. The fraction of sp³-hybridized carbons (Fsp3) is 0. The van der Waals surface area contributed by atoms with E-state index >= 15 is 0 Å². The van der Waals surface area contributed by atoms with Gasteiger partial charge in [-0.1, -0.05) is 6.07 Å². The summed E-state index contributed by atoms with van der Waals surface area (Å²) in [7, 11) is -3.79. The van der Waals surface area contributed by atoms with Crippen LogP contribution in [-0.2, 0) is 19.6 Å². The van der Waals surface area contributed by atoms with Crippen molar-refractivity contribution >= 4 is 50.1 Å². The van der Waals surface area contributed by atoms with Crippen molar-refractivity contribution in [2.45, 2.75) is 4.90 Å². The van der Waals surface area contributed by atoms with Gasteiger partial charge in [-0.3, -0.25) is 19.7 Å². The molecule has 3 heterocycles. The van der Waals surface area contributed by atoms with Crippen LogP contribution in [0.1, 0.15) is 5.76 Å². The predicted molar refractivity (Wildman–Crippen MR) is 127 cm³/mol. The van der Waals surface area contributed by atoms with Crippen LogP contribution >= 0.6 is 11.3 Å².